The summed E-state index contributed by atoms with van der Waals surface area (Å²) < 4.78 is 16.1. The lowest BCUT2D eigenvalue weighted by Gasteiger charge is -2.26. The number of nitriles is 1. The van der Waals surface area contributed by atoms with E-state index in [-0.39, 0.29) is 19.4 Å². The van der Waals surface area contributed by atoms with Crippen LogP contribution in [0.15, 0.2) is 0 Å². The van der Waals surface area contributed by atoms with Gasteiger partial charge in [0.05, 0.1) is 12.7 Å². The maximum atomic E-state index is 11.7. The molecule has 1 unspecified atom stereocenters. The number of hydrogen-bond acceptors (Lipinski definition) is 4. The summed E-state index contributed by atoms with van der Waals surface area (Å²) in [6.07, 6.45) is 0.502. The highest BCUT2D eigenvalue weighted by atomic mass is 31.2. The molecule has 0 aromatic heterocycles. The molecule has 0 spiro atoms. The lowest BCUT2D eigenvalue weighted by atomic mass is 10.1. The van der Waals surface area contributed by atoms with Gasteiger partial charge in [0.25, 0.3) is 0 Å². The smallest absolute Gasteiger partial charge is 0.322 e. The second-order valence-corrected chi connectivity index (χ2v) is 4.90. The van der Waals surface area contributed by atoms with Crippen molar-refractivity contribution in [3.63, 3.8) is 0 Å². The SMILES string of the molecule is CCOOP(=O)(O)C(C#N)(CC)CC. The summed E-state index contributed by atoms with van der Waals surface area (Å²) in [4.78, 5) is 14.0. The van der Waals surface area contributed by atoms with Crippen molar-refractivity contribution in [1.82, 2.24) is 0 Å². The Balaban J connectivity index is 4.82. The molecular formula is C8H16NO4P. The van der Waals surface area contributed by atoms with E-state index in [0.29, 0.717) is 0 Å². The first-order chi connectivity index (χ1) is 6.49. The fraction of sp³-hybridized carbons (Fsp3) is 0.875. The Morgan fingerprint density at radius 1 is 1.43 bits per heavy atom. The van der Waals surface area contributed by atoms with E-state index in [1.54, 1.807) is 20.8 Å². The van der Waals surface area contributed by atoms with Gasteiger partial charge in [-0.15, -0.1) is 4.67 Å². The number of nitrogens with zero attached hydrogens (tertiary/aromatic N) is 1. The normalized spacial score (nSPS) is 15.9. The largest absolute Gasteiger partial charge is 0.375 e. The summed E-state index contributed by atoms with van der Waals surface area (Å²) in [5.74, 6) is 0. The molecule has 0 amide bonds. The molecule has 0 aliphatic carbocycles. The molecule has 6 heteroatoms. The monoisotopic (exact) mass is 221 g/mol. The van der Waals surface area contributed by atoms with Crippen LogP contribution in [0.2, 0.25) is 0 Å². The van der Waals surface area contributed by atoms with Gasteiger partial charge in [0, 0.05) is 0 Å². The Morgan fingerprint density at radius 2 is 1.93 bits per heavy atom. The zero-order chi connectivity index (χ0) is 11.2. The third kappa shape index (κ3) is 2.55. The predicted molar refractivity (Wildman–Crippen MR) is 51.5 cm³/mol. The second kappa shape index (κ2) is 5.47. The first kappa shape index (κ1) is 13.6. The molecule has 1 atom stereocenters. The van der Waals surface area contributed by atoms with Crippen LogP contribution < -0.4 is 0 Å². The van der Waals surface area contributed by atoms with Gasteiger partial charge in [-0.2, -0.15) is 5.26 Å². The fourth-order valence-corrected chi connectivity index (χ4v) is 2.38. The van der Waals surface area contributed by atoms with Gasteiger partial charge >= 0.3 is 7.60 Å². The molecule has 0 heterocycles. The van der Waals surface area contributed by atoms with Crippen LogP contribution in [-0.4, -0.2) is 16.7 Å². The Kier molecular flexibility index (Phi) is 5.32. The van der Waals surface area contributed by atoms with Crippen molar-refractivity contribution in [2.45, 2.75) is 38.8 Å². The Labute approximate surface area is 84.1 Å². The molecule has 0 aliphatic rings. The minimum absolute atomic E-state index is 0.166. The summed E-state index contributed by atoms with van der Waals surface area (Å²) in [5.41, 5.74) is 0. The Morgan fingerprint density at radius 3 is 2.21 bits per heavy atom. The van der Waals surface area contributed by atoms with Crippen LogP contribution in [0.4, 0.5) is 0 Å². The van der Waals surface area contributed by atoms with Crippen molar-refractivity contribution in [1.29, 1.82) is 5.26 Å². The van der Waals surface area contributed by atoms with Crippen molar-refractivity contribution in [3.05, 3.63) is 0 Å². The van der Waals surface area contributed by atoms with Crippen LogP contribution >= 0.6 is 7.60 Å². The van der Waals surface area contributed by atoms with Gasteiger partial charge < -0.3 is 4.89 Å². The summed E-state index contributed by atoms with van der Waals surface area (Å²) in [6.45, 7) is 5.14. The zero-order valence-electron chi connectivity index (χ0n) is 8.69. The lowest BCUT2D eigenvalue weighted by molar-refractivity contribution is -0.210. The predicted octanol–water partition coefficient (Wildman–Crippen LogP) is 2.22. The van der Waals surface area contributed by atoms with E-state index < -0.39 is 12.8 Å². The van der Waals surface area contributed by atoms with Gasteiger partial charge in [0.2, 0.25) is 0 Å². The van der Waals surface area contributed by atoms with Crippen LogP contribution in [0.1, 0.15) is 33.6 Å². The van der Waals surface area contributed by atoms with E-state index in [1.807, 2.05) is 6.07 Å². The highest BCUT2D eigenvalue weighted by Gasteiger charge is 2.48. The molecule has 0 saturated carbocycles. The molecule has 14 heavy (non-hydrogen) atoms. The van der Waals surface area contributed by atoms with E-state index in [2.05, 4.69) is 9.56 Å². The van der Waals surface area contributed by atoms with Gasteiger partial charge in [-0.25, -0.2) is 4.89 Å². The van der Waals surface area contributed by atoms with Crippen molar-refractivity contribution >= 4 is 7.60 Å². The standard InChI is InChI=1S/C8H16NO4P/c1-4-8(5-2,7-9)14(10,11)13-12-6-3/h4-6H2,1-3H3,(H,10,11). The third-order valence-corrected chi connectivity index (χ3v) is 4.31. The van der Waals surface area contributed by atoms with Gasteiger partial charge in [0.1, 0.15) is 0 Å². The van der Waals surface area contributed by atoms with Gasteiger partial charge in [-0.05, 0) is 19.8 Å². The molecule has 0 rings (SSSR count). The summed E-state index contributed by atoms with van der Waals surface area (Å²) >= 11 is 0. The molecule has 5 nitrogen and oxygen atoms in total. The molecule has 0 aromatic rings. The number of rotatable bonds is 6. The van der Waals surface area contributed by atoms with Crippen LogP contribution in [0, 0.1) is 11.3 Å². The van der Waals surface area contributed by atoms with E-state index in [0.717, 1.165) is 0 Å². The maximum absolute atomic E-state index is 11.7. The average Bonchev–Trinajstić information content (AvgIpc) is 2.18. The van der Waals surface area contributed by atoms with E-state index in [9.17, 15) is 9.46 Å². The first-order valence-corrected chi connectivity index (χ1v) is 6.12. The highest BCUT2D eigenvalue weighted by Crippen LogP contribution is 2.58. The minimum Gasteiger partial charge on any atom is -0.322 e. The molecule has 0 saturated heterocycles. The molecular weight excluding hydrogens is 205 g/mol. The quantitative estimate of drug-likeness (QED) is 0.422. The third-order valence-electron chi connectivity index (χ3n) is 2.19. The lowest BCUT2D eigenvalue weighted by Crippen LogP contribution is -2.26. The summed E-state index contributed by atoms with van der Waals surface area (Å²) in [6, 6.07) is 1.85. The van der Waals surface area contributed by atoms with Gasteiger partial charge in [-0.1, -0.05) is 13.8 Å². The van der Waals surface area contributed by atoms with E-state index in [4.69, 9.17) is 5.26 Å². The molecule has 0 aromatic carbocycles. The zero-order valence-corrected chi connectivity index (χ0v) is 9.58. The second-order valence-electron chi connectivity index (χ2n) is 2.85. The molecule has 82 valence electrons. The Hall–Kier alpha value is -0.400. The molecule has 0 aliphatic heterocycles. The number of hydrogen-bond donors (Lipinski definition) is 1. The topological polar surface area (TPSA) is 79.6 Å². The van der Waals surface area contributed by atoms with Crippen LogP contribution in [0.25, 0.3) is 0 Å². The van der Waals surface area contributed by atoms with Gasteiger partial charge in [0.15, 0.2) is 5.16 Å². The van der Waals surface area contributed by atoms with Crippen LogP contribution in [0.5, 0.6) is 0 Å². The highest BCUT2D eigenvalue weighted by molar-refractivity contribution is 7.54. The maximum Gasteiger partial charge on any atom is 0.375 e. The van der Waals surface area contributed by atoms with E-state index in [1.165, 1.54) is 0 Å². The van der Waals surface area contributed by atoms with Crippen LogP contribution in [0.3, 0.4) is 0 Å². The fourth-order valence-electron chi connectivity index (χ4n) is 1.07. The Bertz CT molecular complexity index is 257. The van der Waals surface area contributed by atoms with Crippen molar-refractivity contribution < 1.29 is 19.0 Å². The molecule has 1 N–H and O–H groups in total. The van der Waals surface area contributed by atoms with E-state index >= 15 is 0 Å². The first-order valence-electron chi connectivity index (χ1n) is 4.55. The van der Waals surface area contributed by atoms with Crippen molar-refractivity contribution in [2.24, 2.45) is 0 Å². The summed E-state index contributed by atoms with van der Waals surface area (Å²) in [5, 5.41) is 7.53. The average molecular weight is 221 g/mol. The van der Waals surface area contributed by atoms with Crippen molar-refractivity contribution in [3.8, 4) is 6.07 Å². The molecule has 0 fully saturated rings. The minimum atomic E-state index is -4.03. The van der Waals surface area contributed by atoms with Crippen molar-refractivity contribution in [2.75, 3.05) is 6.61 Å². The van der Waals surface area contributed by atoms with Crippen LogP contribution in [-0.2, 0) is 14.1 Å². The molecule has 0 radical (unpaired) electrons. The molecule has 0 bridgehead atoms. The van der Waals surface area contributed by atoms with Gasteiger partial charge in [-0.3, -0.25) is 4.57 Å². The summed E-state index contributed by atoms with van der Waals surface area (Å²) in [7, 11) is -4.03.